The molecule has 1 aromatic rings. The van der Waals surface area contributed by atoms with Gasteiger partial charge in [-0.2, -0.15) is 4.31 Å². The Kier molecular flexibility index (Phi) is 4.26. The number of nitrogens with two attached hydrogens (primary N) is 1. The van der Waals surface area contributed by atoms with Crippen LogP contribution in [-0.2, 0) is 14.8 Å². The van der Waals surface area contributed by atoms with Crippen molar-refractivity contribution in [2.24, 2.45) is 5.84 Å². The van der Waals surface area contributed by atoms with Crippen LogP contribution in [0.4, 0.5) is 5.69 Å². The third-order valence-electron chi connectivity index (χ3n) is 3.30. The van der Waals surface area contributed by atoms with Crippen molar-refractivity contribution < 1.29 is 13.2 Å². The van der Waals surface area contributed by atoms with Gasteiger partial charge in [0.05, 0.1) is 4.90 Å². The summed E-state index contributed by atoms with van der Waals surface area (Å²) in [6.45, 7) is 2.40. The number of rotatable bonds is 4. The lowest BCUT2D eigenvalue weighted by atomic mass is 10.2. The van der Waals surface area contributed by atoms with Crippen LogP contribution in [0.3, 0.4) is 0 Å². The van der Waals surface area contributed by atoms with E-state index in [2.05, 4.69) is 10.7 Å². The zero-order valence-electron chi connectivity index (χ0n) is 11.2. The van der Waals surface area contributed by atoms with E-state index in [-0.39, 0.29) is 17.3 Å². The molecule has 1 amide bonds. The van der Waals surface area contributed by atoms with Crippen LogP contribution < -0.4 is 16.6 Å². The van der Waals surface area contributed by atoms with Gasteiger partial charge < -0.3 is 10.7 Å². The molecule has 1 aliphatic heterocycles. The number of hydrazine groups is 1. The Morgan fingerprint density at radius 2 is 2.05 bits per heavy atom. The highest BCUT2D eigenvalue weighted by molar-refractivity contribution is 7.89. The van der Waals surface area contributed by atoms with Gasteiger partial charge in [-0.3, -0.25) is 10.6 Å². The maximum Gasteiger partial charge on any atom is 0.243 e. The standard InChI is InChI=1S/C12H18N4O3S/c1-2-11-12(17)14-7-8-16(11)20(18,19)10-5-3-9(15-13)4-6-10/h3-6,11,15H,2,7-8,13H2,1H3,(H,14,17). The van der Waals surface area contributed by atoms with Crippen molar-refractivity contribution in [2.45, 2.75) is 24.3 Å². The molecule has 1 saturated heterocycles. The van der Waals surface area contributed by atoms with E-state index >= 15 is 0 Å². The van der Waals surface area contributed by atoms with E-state index in [1.165, 1.54) is 16.4 Å². The fourth-order valence-corrected chi connectivity index (χ4v) is 3.89. The molecule has 2 rings (SSSR count). The molecule has 0 aromatic heterocycles. The summed E-state index contributed by atoms with van der Waals surface area (Å²) in [6, 6.07) is 5.46. The molecule has 0 radical (unpaired) electrons. The summed E-state index contributed by atoms with van der Waals surface area (Å²) in [5, 5.41) is 2.68. The highest BCUT2D eigenvalue weighted by Gasteiger charge is 2.37. The molecular formula is C12H18N4O3S. The maximum atomic E-state index is 12.6. The summed E-state index contributed by atoms with van der Waals surface area (Å²) in [6.07, 6.45) is 0.438. The number of nitrogen functional groups attached to an aromatic ring is 1. The quantitative estimate of drug-likeness (QED) is 0.530. The third-order valence-corrected chi connectivity index (χ3v) is 5.22. The number of carbonyl (C=O) groups is 1. The molecule has 110 valence electrons. The second-order valence-corrected chi connectivity index (χ2v) is 6.39. The monoisotopic (exact) mass is 298 g/mol. The van der Waals surface area contributed by atoms with Gasteiger partial charge in [-0.15, -0.1) is 0 Å². The number of benzene rings is 1. The molecule has 1 unspecified atom stereocenters. The van der Waals surface area contributed by atoms with Crippen molar-refractivity contribution in [1.82, 2.24) is 9.62 Å². The first kappa shape index (κ1) is 14.8. The third kappa shape index (κ3) is 2.62. The first-order chi connectivity index (χ1) is 9.50. The number of hydrogen-bond donors (Lipinski definition) is 3. The van der Waals surface area contributed by atoms with Gasteiger partial charge in [-0.1, -0.05) is 6.92 Å². The molecule has 20 heavy (non-hydrogen) atoms. The number of amides is 1. The average Bonchev–Trinajstić information content (AvgIpc) is 2.47. The van der Waals surface area contributed by atoms with Gasteiger partial charge >= 0.3 is 0 Å². The van der Waals surface area contributed by atoms with Gasteiger partial charge in [0, 0.05) is 18.8 Å². The molecule has 0 bridgehead atoms. The van der Waals surface area contributed by atoms with Crippen molar-refractivity contribution in [1.29, 1.82) is 0 Å². The fourth-order valence-electron chi connectivity index (χ4n) is 2.23. The Morgan fingerprint density at radius 3 is 2.60 bits per heavy atom. The summed E-state index contributed by atoms with van der Waals surface area (Å²) in [4.78, 5) is 11.9. The number of sulfonamides is 1. The van der Waals surface area contributed by atoms with Crippen LogP contribution in [0.25, 0.3) is 0 Å². The number of carbonyl (C=O) groups excluding carboxylic acids is 1. The second kappa shape index (κ2) is 5.78. The van der Waals surface area contributed by atoms with E-state index in [9.17, 15) is 13.2 Å². The number of anilines is 1. The zero-order chi connectivity index (χ0) is 14.8. The summed E-state index contributed by atoms with van der Waals surface area (Å²) >= 11 is 0. The Labute approximate surface area is 118 Å². The Morgan fingerprint density at radius 1 is 1.40 bits per heavy atom. The molecule has 1 atom stereocenters. The summed E-state index contributed by atoms with van der Waals surface area (Å²) < 4.78 is 26.5. The van der Waals surface area contributed by atoms with Crippen molar-refractivity contribution >= 4 is 21.6 Å². The largest absolute Gasteiger partial charge is 0.353 e. The lowest BCUT2D eigenvalue weighted by Crippen LogP contribution is -2.56. The highest BCUT2D eigenvalue weighted by Crippen LogP contribution is 2.22. The predicted octanol–water partition coefficient (Wildman–Crippen LogP) is -0.129. The number of hydrogen-bond acceptors (Lipinski definition) is 5. The van der Waals surface area contributed by atoms with Crippen LogP contribution in [0.5, 0.6) is 0 Å². The second-order valence-electron chi connectivity index (χ2n) is 4.50. The van der Waals surface area contributed by atoms with E-state index in [0.717, 1.165) is 0 Å². The topological polar surface area (TPSA) is 105 Å². The van der Waals surface area contributed by atoms with E-state index in [0.29, 0.717) is 18.7 Å². The first-order valence-corrected chi connectivity index (χ1v) is 7.81. The molecule has 0 saturated carbocycles. The van der Waals surface area contributed by atoms with E-state index < -0.39 is 16.1 Å². The lowest BCUT2D eigenvalue weighted by molar-refractivity contribution is -0.126. The van der Waals surface area contributed by atoms with Crippen molar-refractivity contribution in [3.8, 4) is 0 Å². The Bertz CT molecular complexity index is 585. The highest BCUT2D eigenvalue weighted by atomic mass is 32.2. The van der Waals surface area contributed by atoms with Gasteiger partial charge in [0.15, 0.2) is 0 Å². The van der Waals surface area contributed by atoms with Gasteiger partial charge in [-0.25, -0.2) is 8.42 Å². The molecule has 1 aliphatic rings. The average molecular weight is 298 g/mol. The minimum Gasteiger partial charge on any atom is -0.353 e. The van der Waals surface area contributed by atoms with Crippen LogP contribution >= 0.6 is 0 Å². The molecule has 1 heterocycles. The molecule has 0 aliphatic carbocycles. The van der Waals surface area contributed by atoms with Crippen LogP contribution in [-0.4, -0.2) is 37.8 Å². The van der Waals surface area contributed by atoms with Gasteiger partial charge in [0.25, 0.3) is 0 Å². The van der Waals surface area contributed by atoms with Gasteiger partial charge in [0.2, 0.25) is 15.9 Å². The number of nitrogens with one attached hydrogen (secondary N) is 2. The minimum atomic E-state index is -3.68. The van der Waals surface area contributed by atoms with E-state index in [1.807, 2.05) is 0 Å². The summed E-state index contributed by atoms with van der Waals surface area (Å²) in [5.41, 5.74) is 3.06. The SMILES string of the molecule is CCC1C(=O)NCCN1S(=O)(=O)c1ccc(NN)cc1. The maximum absolute atomic E-state index is 12.6. The van der Waals surface area contributed by atoms with Gasteiger partial charge in [-0.05, 0) is 30.7 Å². The van der Waals surface area contributed by atoms with Crippen LogP contribution in [0.15, 0.2) is 29.2 Å². The Balaban J connectivity index is 2.34. The molecule has 7 nitrogen and oxygen atoms in total. The number of piperazine rings is 1. The van der Waals surface area contributed by atoms with E-state index in [4.69, 9.17) is 5.84 Å². The smallest absolute Gasteiger partial charge is 0.243 e. The zero-order valence-corrected chi connectivity index (χ0v) is 12.0. The van der Waals surface area contributed by atoms with Crippen molar-refractivity contribution in [3.63, 3.8) is 0 Å². The van der Waals surface area contributed by atoms with E-state index in [1.54, 1.807) is 19.1 Å². The van der Waals surface area contributed by atoms with Gasteiger partial charge in [0.1, 0.15) is 6.04 Å². The molecule has 4 N–H and O–H groups in total. The Hall–Kier alpha value is -1.64. The lowest BCUT2D eigenvalue weighted by Gasteiger charge is -2.33. The van der Waals surface area contributed by atoms with Crippen molar-refractivity contribution in [3.05, 3.63) is 24.3 Å². The normalized spacial score (nSPS) is 20.5. The van der Waals surface area contributed by atoms with Crippen LogP contribution in [0.1, 0.15) is 13.3 Å². The number of nitrogens with zero attached hydrogens (tertiary/aromatic N) is 1. The van der Waals surface area contributed by atoms with Crippen LogP contribution in [0.2, 0.25) is 0 Å². The first-order valence-electron chi connectivity index (χ1n) is 6.37. The van der Waals surface area contributed by atoms with Crippen molar-refractivity contribution in [2.75, 3.05) is 18.5 Å². The van der Waals surface area contributed by atoms with Crippen LogP contribution in [0, 0.1) is 0 Å². The molecule has 0 spiro atoms. The summed E-state index contributed by atoms with van der Waals surface area (Å²) in [5.74, 6) is 5.00. The molecular weight excluding hydrogens is 280 g/mol. The molecule has 1 fully saturated rings. The minimum absolute atomic E-state index is 0.157. The fraction of sp³-hybridized carbons (Fsp3) is 0.417. The molecule has 1 aromatic carbocycles. The predicted molar refractivity (Wildman–Crippen MR) is 75.2 cm³/mol. The molecule has 8 heteroatoms. The summed E-state index contributed by atoms with van der Waals surface area (Å²) in [7, 11) is -3.68.